The van der Waals surface area contributed by atoms with Gasteiger partial charge in [0.25, 0.3) is 0 Å². The molecule has 0 aliphatic heterocycles. The number of fused-ring (bicyclic) bond motifs is 1. The number of hydrogen-bond acceptors (Lipinski definition) is 4. The predicted molar refractivity (Wildman–Crippen MR) is 117 cm³/mol. The summed E-state index contributed by atoms with van der Waals surface area (Å²) in [7, 11) is 0. The Balaban J connectivity index is 1.93. The van der Waals surface area contributed by atoms with E-state index in [9.17, 15) is 18.0 Å². The SMILES string of the molecule is Cc1ccc(C(=O)c2sc3nc(-c4ccc(Br)cc4)cc(C(F)(F)F)c3c2N)cc1. The van der Waals surface area contributed by atoms with E-state index < -0.39 is 17.5 Å². The maximum absolute atomic E-state index is 13.9. The van der Waals surface area contributed by atoms with Gasteiger partial charge in [-0.25, -0.2) is 4.98 Å². The van der Waals surface area contributed by atoms with Gasteiger partial charge in [0.05, 0.1) is 16.9 Å². The first-order valence-corrected chi connectivity index (χ1v) is 10.4. The van der Waals surface area contributed by atoms with Crippen LogP contribution in [0.1, 0.15) is 26.4 Å². The minimum Gasteiger partial charge on any atom is -0.397 e. The fourth-order valence-electron chi connectivity index (χ4n) is 3.12. The minimum absolute atomic E-state index is 0.0554. The van der Waals surface area contributed by atoms with Crippen molar-refractivity contribution in [2.24, 2.45) is 0 Å². The zero-order valence-electron chi connectivity index (χ0n) is 15.5. The second-order valence-corrected chi connectivity index (χ2v) is 8.69. The number of thiophene rings is 1. The van der Waals surface area contributed by atoms with E-state index in [1.807, 2.05) is 6.92 Å². The fourth-order valence-corrected chi connectivity index (χ4v) is 4.46. The van der Waals surface area contributed by atoms with E-state index in [1.165, 1.54) is 0 Å². The number of benzene rings is 2. The van der Waals surface area contributed by atoms with Crippen molar-refractivity contribution >= 4 is 49.0 Å². The first-order valence-electron chi connectivity index (χ1n) is 8.82. The molecule has 3 nitrogen and oxygen atoms in total. The summed E-state index contributed by atoms with van der Waals surface area (Å²) in [6.07, 6.45) is -4.65. The number of hydrogen-bond donors (Lipinski definition) is 1. The van der Waals surface area contributed by atoms with E-state index in [0.717, 1.165) is 27.4 Å². The number of anilines is 1. The highest BCUT2D eigenvalue weighted by atomic mass is 79.9. The zero-order chi connectivity index (χ0) is 21.6. The average Bonchev–Trinajstić information content (AvgIpc) is 3.03. The van der Waals surface area contributed by atoms with Gasteiger partial charge in [0, 0.05) is 21.0 Å². The van der Waals surface area contributed by atoms with Crippen LogP contribution in [0.5, 0.6) is 0 Å². The second-order valence-electron chi connectivity index (χ2n) is 6.78. The number of nitrogens with zero attached hydrogens (tertiary/aromatic N) is 1. The van der Waals surface area contributed by atoms with Gasteiger partial charge in [-0.1, -0.05) is 57.9 Å². The Labute approximate surface area is 182 Å². The lowest BCUT2D eigenvalue weighted by Gasteiger charge is -2.11. The van der Waals surface area contributed by atoms with Gasteiger partial charge in [-0.05, 0) is 25.1 Å². The molecule has 0 saturated heterocycles. The van der Waals surface area contributed by atoms with Crippen molar-refractivity contribution < 1.29 is 18.0 Å². The Morgan fingerprint density at radius 1 is 1.07 bits per heavy atom. The van der Waals surface area contributed by atoms with Crippen molar-refractivity contribution in [1.29, 1.82) is 0 Å². The van der Waals surface area contributed by atoms with Crippen LogP contribution in [0.2, 0.25) is 0 Å². The Morgan fingerprint density at radius 3 is 2.30 bits per heavy atom. The van der Waals surface area contributed by atoms with Crippen LogP contribution < -0.4 is 5.73 Å². The molecule has 2 aromatic heterocycles. The summed E-state index contributed by atoms with van der Waals surface area (Å²) < 4.78 is 42.4. The Hall–Kier alpha value is -2.71. The number of ketones is 1. The number of halogens is 4. The molecular formula is C22H14BrF3N2OS. The average molecular weight is 491 g/mol. The standard InChI is InChI=1S/C22H14BrF3N2OS/c1-11-2-4-13(5-3-11)19(29)20-18(27)17-15(22(24,25)26)10-16(28-21(17)30-20)12-6-8-14(23)9-7-12/h2-10H,27H2,1H3. The van der Waals surface area contributed by atoms with Crippen molar-refractivity contribution in [3.8, 4) is 11.3 Å². The molecule has 0 amide bonds. The van der Waals surface area contributed by atoms with Crippen LogP contribution in [0.3, 0.4) is 0 Å². The maximum atomic E-state index is 13.9. The third kappa shape index (κ3) is 3.73. The van der Waals surface area contributed by atoms with Crippen LogP contribution in [0.25, 0.3) is 21.5 Å². The van der Waals surface area contributed by atoms with E-state index in [2.05, 4.69) is 20.9 Å². The fraction of sp³-hybridized carbons (Fsp3) is 0.0909. The van der Waals surface area contributed by atoms with Gasteiger partial charge in [0.2, 0.25) is 5.78 Å². The summed E-state index contributed by atoms with van der Waals surface area (Å²) in [6.45, 7) is 1.88. The van der Waals surface area contributed by atoms with Crippen LogP contribution in [0.15, 0.2) is 59.1 Å². The van der Waals surface area contributed by atoms with Gasteiger partial charge in [-0.15, -0.1) is 11.3 Å². The van der Waals surface area contributed by atoms with Crippen LogP contribution in [-0.4, -0.2) is 10.8 Å². The van der Waals surface area contributed by atoms with Crippen molar-refractivity contribution in [1.82, 2.24) is 4.98 Å². The van der Waals surface area contributed by atoms with Gasteiger partial charge in [0.15, 0.2) is 0 Å². The number of nitrogen functional groups attached to an aromatic ring is 1. The molecule has 30 heavy (non-hydrogen) atoms. The number of nitrogens with two attached hydrogens (primary N) is 1. The number of aryl methyl sites for hydroxylation is 1. The van der Waals surface area contributed by atoms with Crippen LogP contribution in [-0.2, 0) is 6.18 Å². The highest BCUT2D eigenvalue weighted by molar-refractivity contribution is 9.10. The summed E-state index contributed by atoms with van der Waals surface area (Å²) >= 11 is 4.19. The third-order valence-corrected chi connectivity index (χ3v) is 6.29. The molecule has 4 aromatic rings. The van der Waals surface area contributed by atoms with Gasteiger partial charge >= 0.3 is 6.18 Å². The summed E-state index contributed by atoms with van der Waals surface area (Å²) in [4.78, 5) is 17.4. The van der Waals surface area contributed by atoms with E-state index in [0.29, 0.717) is 11.1 Å². The molecule has 0 spiro atoms. The number of aromatic nitrogens is 1. The van der Waals surface area contributed by atoms with Crippen molar-refractivity contribution in [2.45, 2.75) is 13.1 Å². The molecule has 0 bridgehead atoms. The molecule has 2 heterocycles. The third-order valence-electron chi connectivity index (χ3n) is 4.66. The molecule has 2 aromatic carbocycles. The molecule has 0 aliphatic rings. The largest absolute Gasteiger partial charge is 0.417 e. The van der Waals surface area contributed by atoms with Crippen LogP contribution >= 0.6 is 27.3 Å². The zero-order valence-corrected chi connectivity index (χ0v) is 18.0. The Morgan fingerprint density at radius 2 is 1.70 bits per heavy atom. The quantitative estimate of drug-likeness (QED) is 0.319. The van der Waals surface area contributed by atoms with E-state index >= 15 is 0 Å². The molecule has 152 valence electrons. The van der Waals surface area contributed by atoms with E-state index in [1.54, 1.807) is 48.5 Å². The molecule has 0 fully saturated rings. The summed E-state index contributed by atoms with van der Waals surface area (Å²) in [5.41, 5.74) is 6.99. The lowest BCUT2D eigenvalue weighted by Crippen LogP contribution is -2.08. The number of rotatable bonds is 3. The summed E-state index contributed by atoms with van der Waals surface area (Å²) in [5.74, 6) is -0.422. The van der Waals surface area contributed by atoms with Crippen molar-refractivity contribution in [3.63, 3.8) is 0 Å². The molecule has 0 unspecified atom stereocenters. The lowest BCUT2D eigenvalue weighted by atomic mass is 10.0. The Bertz CT molecular complexity index is 1260. The highest BCUT2D eigenvalue weighted by Crippen LogP contribution is 2.44. The molecule has 0 atom stereocenters. The van der Waals surface area contributed by atoms with Gasteiger partial charge < -0.3 is 5.73 Å². The van der Waals surface area contributed by atoms with Crippen molar-refractivity contribution in [3.05, 3.63) is 80.6 Å². The molecule has 8 heteroatoms. The Kier molecular flexibility index (Phi) is 5.15. The molecule has 4 rings (SSSR count). The molecule has 0 aliphatic carbocycles. The number of pyridine rings is 1. The van der Waals surface area contributed by atoms with Gasteiger partial charge in [0.1, 0.15) is 9.71 Å². The first kappa shape index (κ1) is 20.6. The number of carbonyl (C=O) groups excluding carboxylic acids is 1. The van der Waals surface area contributed by atoms with Crippen molar-refractivity contribution in [2.75, 3.05) is 5.73 Å². The monoisotopic (exact) mass is 490 g/mol. The number of carbonyl (C=O) groups is 1. The molecule has 0 saturated carbocycles. The smallest absolute Gasteiger partial charge is 0.397 e. The van der Waals surface area contributed by atoms with E-state index in [-0.39, 0.29) is 26.5 Å². The minimum atomic E-state index is -4.65. The van der Waals surface area contributed by atoms with Gasteiger partial charge in [-0.3, -0.25) is 4.79 Å². The topological polar surface area (TPSA) is 56.0 Å². The van der Waals surface area contributed by atoms with Crippen LogP contribution in [0.4, 0.5) is 18.9 Å². The normalized spacial score (nSPS) is 11.8. The van der Waals surface area contributed by atoms with E-state index in [4.69, 9.17) is 5.73 Å². The second kappa shape index (κ2) is 7.52. The predicted octanol–water partition coefficient (Wildman–Crippen LogP) is 6.87. The maximum Gasteiger partial charge on any atom is 0.417 e. The lowest BCUT2D eigenvalue weighted by molar-refractivity contribution is -0.136. The highest BCUT2D eigenvalue weighted by Gasteiger charge is 2.36. The first-order chi connectivity index (χ1) is 14.1. The number of alkyl halides is 3. The van der Waals surface area contributed by atoms with Gasteiger partial charge in [-0.2, -0.15) is 13.2 Å². The molecule has 2 N–H and O–H groups in total. The van der Waals surface area contributed by atoms with Crippen LogP contribution in [0, 0.1) is 6.92 Å². The molecular weight excluding hydrogens is 477 g/mol. The molecule has 0 radical (unpaired) electrons. The summed E-state index contributed by atoms with van der Waals surface area (Å²) in [6, 6.07) is 14.6. The summed E-state index contributed by atoms with van der Waals surface area (Å²) in [5, 5.41) is -0.233.